The Morgan fingerprint density at radius 2 is 1.80 bits per heavy atom. The van der Waals surface area contributed by atoms with Crippen LogP contribution in [-0.2, 0) is 10.0 Å². The van der Waals surface area contributed by atoms with Crippen LogP contribution in [0.3, 0.4) is 0 Å². The lowest BCUT2D eigenvalue weighted by Gasteiger charge is -2.26. The first-order valence-corrected chi connectivity index (χ1v) is 12.0. The van der Waals surface area contributed by atoms with Crippen molar-refractivity contribution in [2.75, 3.05) is 26.2 Å². The van der Waals surface area contributed by atoms with E-state index in [0.717, 1.165) is 24.8 Å². The molecule has 0 bridgehead atoms. The van der Waals surface area contributed by atoms with Crippen LogP contribution >= 0.6 is 23.2 Å². The molecule has 0 spiro atoms. The quantitative estimate of drug-likeness (QED) is 0.612. The van der Waals surface area contributed by atoms with Crippen molar-refractivity contribution in [3.63, 3.8) is 0 Å². The van der Waals surface area contributed by atoms with Crippen LogP contribution in [0.4, 0.5) is 0 Å². The maximum Gasteiger partial charge on any atom is 0.252 e. The predicted octanol–water partition coefficient (Wildman–Crippen LogP) is 4.29. The van der Waals surface area contributed by atoms with Gasteiger partial charge in [0, 0.05) is 18.1 Å². The van der Waals surface area contributed by atoms with Gasteiger partial charge in [-0.3, -0.25) is 4.79 Å². The summed E-state index contributed by atoms with van der Waals surface area (Å²) in [5.74, 6) is 0.147. The maximum atomic E-state index is 12.9. The highest BCUT2D eigenvalue weighted by molar-refractivity contribution is 7.89. The first-order chi connectivity index (χ1) is 14.3. The summed E-state index contributed by atoms with van der Waals surface area (Å²) >= 11 is 12.2. The average molecular weight is 471 g/mol. The number of hydrogen-bond acceptors (Lipinski definition) is 4. The second-order valence-electron chi connectivity index (χ2n) is 7.12. The average Bonchev–Trinajstić information content (AvgIpc) is 2.74. The summed E-state index contributed by atoms with van der Waals surface area (Å²) in [7, 11) is -3.65. The first-order valence-electron chi connectivity index (χ1n) is 9.76. The standard InChI is InChI=1S/C21H24Cl2N2O4S/c1-15-5-6-16(13-20(15)23)29-12-9-24-21(26)18-14-17(7-8-19(18)22)30(27,28)25-10-3-2-4-11-25/h5-8,13-14H,2-4,9-12H2,1H3,(H,24,26). The van der Waals surface area contributed by atoms with Gasteiger partial charge in [0.05, 0.1) is 22.0 Å². The highest BCUT2D eigenvalue weighted by atomic mass is 35.5. The Bertz CT molecular complexity index is 1020. The van der Waals surface area contributed by atoms with Crippen molar-refractivity contribution in [2.45, 2.75) is 31.1 Å². The molecule has 0 aliphatic carbocycles. The molecule has 1 amide bonds. The van der Waals surface area contributed by atoms with Crippen LogP contribution in [0, 0.1) is 6.92 Å². The van der Waals surface area contributed by atoms with Crippen LogP contribution in [0.2, 0.25) is 10.0 Å². The van der Waals surface area contributed by atoms with Gasteiger partial charge >= 0.3 is 0 Å². The van der Waals surface area contributed by atoms with Crippen molar-refractivity contribution in [1.29, 1.82) is 0 Å². The van der Waals surface area contributed by atoms with Crippen LogP contribution in [0.5, 0.6) is 5.75 Å². The number of carbonyl (C=O) groups is 1. The topological polar surface area (TPSA) is 75.7 Å². The van der Waals surface area contributed by atoms with Crippen molar-refractivity contribution < 1.29 is 17.9 Å². The van der Waals surface area contributed by atoms with E-state index in [-0.39, 0.29) is 28.6 Å². The molecule has 3 rings (SSSR count). The lowest BCUT2D eigenvalue weighted by Crippen LogP contribution is -2.35. The van der Waals surface area contributed by atoms with Crippen LogP contribution in [0.15, 0.2) is 41.3 Å². The van der Waals surface area contributed by atoms with Crippen molar-refractivity contribution in [2.24, 2.45) is 0 Å². The van der Waals surface area contributed by atoms with E-state index in [0.29, 0.717) is 23.9 Å². The summed E-state index contributed by atoms with van der Waals surface area (Å²) in [6, 6.07) is 9.58. The number of halogens is 2. The van der Waals surface area contributed by atoms with Crippen molar-refractivity contribution in [3.8, 4) is 5.75 Å². The highest BCUT2D eigenvalue weighted by Gasteiger charge is 2.27. The van der Waals surface area contributed by atoms with Crippen LogP contribution in [0.25, 0.3) is 0 Å². The van der Waals surface area contributed by atoms with E-state index in [1.807, 2.05) is 13.0 Å². The van der Waals surface area contributed by atoms with Crippen molar-refractivity contribution in [3.05, 3.63) is 57.6 Å². The number of benzene rings is 2. The summed E-state index contributed by atoms with van der Waals surface area (Å²) in [5.41, 5.74) is 1.07. The number of piperidine rings is 1. The van der Waals surface area contributed by atoms with E-state index in [2.05, 4.69) is 5.32 Å². The SMILES string of the molecule is Cc1ccc(OCCNC(=O)c2cc(S(=O)(=O)N3CCCCC3)ccc2Cl)cc1Cl. The Kier molecular flexibility index (Phi) is 7.63. The number of nitrogens with zero attached hydrogens (tertiary/aromatic N) is 1. The largest absolute Gasteiger partial charge is 0.492 e. The molecule has 1 N–H and O–H groups in total. The lowest BCUT2D eigenvalue weighted by atomic mass is 10.2. The monoisotopic (exact) mass is 470 g/mol. The second-order valence-corrected chi connectivity index (χ2v) is 9.87. The number of carbonyl (C=O) groups excluding carboxylic acids is 1. The molecule has 162 valence electrons. The van der Waals surface area contributed by atoms with Gasteiger partial charge in [0.2, 0.25) is 10.0 Å². The molecular formula is C21H24Cl2N2O4S. The molecule has 2 aromatic carbocycles. The summed E-state index contributed by atoms with van der Waals surface area (Å²) in [6.07, 6.45) is 2.70. The van der Waals surface area contributed by atoms with Gasteiger partial charge in [0.1, 0.15) is 12.4 Å². The fraction of sp³-hybridized carbons (Fsp3) is 0.381. The van der Waals surface area contributed by atoms with E-state index in [9.17, 15) is 13.2 Å². The molecule has 1 heterocycles. The van der Waals surface area contributed by atoms with Gasteiger partial charge in [0.25, 0.3) is 5.91 Å². The minimum atomic E-state index is -3.65. The first kappa shape index (κ1) is 22.9. The van der Waals surface area contributed by atoms with Gasteiger partial charge in [-0.15, -0.1) is 0 Å². The Balaban J connectivity index is 1.62. The van der Waals surface area contributed by atoms with Crippen LogP contribution in [-0.4, -0.2) is 44.9 Å². The van der Waals surface area contributed by atoms with Gasteiger partial charge in [-0.1, -0.05) is 35.7 Å². The Morgan fingerprint density at radius 1 is 1.07 bits per heavy atom. The van der Waals surface area contributed by atoms with Crippen LogP contribution in [0.1, 0.15) is 35.2 Å². The lowest BCUT2D eigenvalue weighted by molar-refractivity contribution is 0.0947. The Hall–Kier alpha value is -1.80. The van der Waals surface area contributed by atoms with E-state index >= 15 is 0 Å². The number of aryl methyl sites for hydroxylation is 1. The summed E-state index contributed by atoms with van der Waals surface area (Å²) < 4.78 is 32.8. The molecule has 0 saturated carbocycles. The number of amides is 1. The Labute approximate surface area is 187 Å². The fourth-order valence-corrected chi connectivity index (χ4v) is 5.10. The minimum Gasteiger partial charge on any atom is -0.492 e. The molecule has 0 atom stereocenters. The molecule has 30 heavy (non-hydrogen) atoms. The predicted molar refractivity (Wildman–Crippen MR) is 118 cm³/mol. The van der Waals surface area contributed by atoms with Gasteiger partial charge < -0.3 is 10.1 Å². The Morgan fingerprint density at radius 3 is 2.50 bits per heavy atom. The fourth-order valence-electron chi connectivity index (χ4n) is 3.19. The van der Waals surface area contributed by atoms with Crippen molar-refractivity contribution >= 4 is 39.1 Å². The van der Waals surface area contributed by atoms with E-state index in [1.165, 1.54) is 22.5 Å². The zero-order chi connectivity index (χ0) is 21.7. The van der Waals surface area contributed by atoms with E-state index in [1.54, 1.807) is 12.1 Å². The molecule has 1 aliphatic heterocycles. The summed E-state index contributed by atoms with van der Waals surface area (Å²) in [6.45, 7) is 3.34. The molecule has 1 aliphatic rings. The zero-order valence-corrected chi connectivity index (χ0v) is 19.0. The molecule has 2 aromatic rings. The molecule has 1 fully saturated rings. The normalized spacial score (nSPS) is 15.0. The third-order valence-electron chi connectivity index (χ3n) is 4.93. The number of nitrogens with one attached hydrogen (secondary N) is 1. The summed E-state index contributed by atoms with van der Waals surface area (Å²) in [5, 5.41) is 3.50. The number of hydrogen-bond donors (Lipinski definition) is 1. The van der Waals surface area contributed by atoms with Gasteiger partial charge in [-0.2, -0.15) is 4.31 Å². The van der Waals surface area contributed by atoms with E-state index in [4.69, 9.17) is 27.9 Å². The number of ether oxygens (including phenoxy) is 1. The second kappa shape index (κ2) is 10.0. The number of rotatable bonds is 7. The third-order valence-corrected chi connectivity index (χ3v) is 7.57. The highest BCUT2D eigenvalue weighted by Crippen LogP contribution is 2.25. The third kappa shape index (κ3) is 5.46. The molecule has 0 unspecified atom stereocenters. The zero-order valence-electron chi connectivity index (χ0n) is 16.7. The molecule has 9 heteroatoms. The minimum absolute atomic E-state index is 0.0736. The van der Waals surface area contributed by atoms with Gasteiger partial charge in [-0.25, -0.2) is 8.42 Å². The molecule has 6 nitrogen and oxygen atoms in total. The molecular weight excluding hydrogens is 447 g/mol. The van der Waals surface area contributed by atoms with E-state index < -0.39 is 15.9 Å². The van der Waals surface area contributed by atoms with Gasteiger partial charge in [-0.05, 0) is 55.7 Å². The molecule has 0 radical (unpaired) electrons. The number of sulfonamides is 1. The van der Waals surface area contributed by atoms with Crippen LogP contribution < -0.4 is 10.1 Å². The maximum absolute atomic E-state index is 12.9. The smallest absolute Gasteiger partial charge is 0.252 e. The summed E-state index contributed by atoms with van der Waals surface area (Å²) in [4.78, 5) is 12.6. The molecule has 0 aromatic heterocycles. The van der Waals surface area contributed by atoms with Crippen molar-refractivity contribution in [1.82, 2.24) is 9.62 Å². The van der Waals surface area contributed by atoms with Gasteiger partial charge in [0.15, 0.2) is 0 Å². The molecule has 1 saturated heterocycles.